The van der Waals surface area contributed by atoms with Gasteiger partial charge >= 0.3 is 5.97 Å². The number of carbonyl (C=O) groups is 5. The molecule has 2 rings (SSSR count). The first kappa shape index (κ1) is 25.3. The second-order valence-electron chi connectivity index (χ2n) is 7.26. The van der Waals surface area contributed by atoms with Crippen molar-refractivity contribution < 1.29 is 34.2 Å². The van der Waals surface area contributed by atoms with Crippen molar-refractivity contribution in [2.45, 2.75) is 31.0 Å². The van der Waals surface area contributed by atoms with Gasteiger partial charge < -0.3 is 42.6 Å². The van der Waals surface area contributed by atoms with Crippen LogP contribution in [0.15, 0.2) is 30.5 Å². The zero-order valence-corrected chi connectivity index (χ0v) is 17.5. The monoisotopic (exact) mass is 462 g/mol. The number of carbonyl (C=O) groups excluding carboxylic acids is 4. The van der Waals surface area contributed by atoms with E-state index in [1.54, 1.807) is 12.3 Å². The zero-order chi connectivity index (χ0) is 24.5. The number of aromatic nitrogens is 1. The van der Waals surface area contributed by atoms with Gasteiger partial charge in [0, 0.05) is 23.5 Å². The van der Waals surface area contributed by atoms with Gasteiger partial charge in [-0.1, -0.05) is 18.2 Å². The summed E-state index contributed by atoms with van der Waals surface area (Å²) >= 11 is 0. The Morgan fingerprint density at radius 3 is 2.36 bits per heavy atom. The van der Waals surface area contributed by atoms with Crippen molar-refractivity contribution in [1.29, 1.82) is 0 Å². The fraction of sp³-hybridized carbons (Fsp3) is 0.350. The summed E-state index contributed by atoms with van der Waals surface area (Å²) in [7, 11) is 0. The number of aliphatic hydroxyl groups excluding tert-OH is 1. The third-order valence-corrected chi connectivity index (χ3v) is 4.73. The summed E-state index contributed by atoms with van der Waals surface area (Å²) in [6.45, 7) is -1.43. The van der Waals surface area contributed by atoms with Gasteiger partial charge in [-0.3, -0.25) is 19.2 Å². The molecule has 3 atom stereocenters. The van der Waals surface area contributed by atoms with Crippen LogP contribution in [0.5, 0.6) is 0 Å². The number of primary amides is 1. The maximum absolute atomic E-state index is 12.8. The molecule has 13 heteroatoms. The minimum Gasteiger partial charge on any atom is -0.480 e. The molecule has 2 aromatic rings. The number of carboxylic acid groups (broad SMARTS) is 1. The molecule has 0 saturated heterocycles. The van der Waals surface area contributed by atoms with Crippen LogP contribution in [0.3, 0.4) is 0 Å². The number of aromatic amines is 1. The fourth-order valence-corrected chi connectivity index (χ4v) is 3.04. The molecule has 0 aliphatic carbocycles. The number of fused-ring (bicyclic) bond motifs is 1. The lowest BCUT2D eigenvalue weighted by atomic mass is 10.0. The van der Waals surface area contributed by atoms with Gasteiger partial charge in [0.15, 0.2) is 0 Å². The van der Waals surface area contributed by atoms with Crippen LogP contribution in [0.1, 0.15) is 12.0 Å². The van der Waals surface area contributed by atoms with Gasteiger partial charge in [0.1, 0.15) is 12.1 Å². The molecular weight excluding hydrogens is 436 g/mol. The average Bonchev–Trinajstić information content (AvgIpc) is 3.17. The summed E-state index contributed by atoms with van der Waals surface area (Å²) in [5.41, 5.74) is 12.2. The van der Waals surface area contributed by atoms with Crippen LogP contribution in [0.4, 0.5) is 0 Å². The molecule has 33 heavy (non-hydrogen) atoms. The van der Waals surface area contributed by atoms with Crippen LogP contribution in [0.2, 0.25) is 0 Å². The van der Waals surface area contributed by atoms with Crippen LogP contribution < -0.4 is 27.4 Å². The van der Waals surface area contributed by atoms with Gasteiger partial charge in [-0.05, 0) is 11.6 Å². The normalized spacial score (nSPS) is 13.5. The predicted octanol–water partition coefficient (Wildman–Crippen LogP) is -2.92. The average molecular weight is 462 g/mol. The number of benzene rings is 1. The highest BCUT2D eigenvalue weighted by molar-refractivity contribution is 5.94. The lowest BCUT2D eigenvalue weighted by molar-refractivity contribution is -0.142. The summed E-state index contributed by atoms with van der Waals surface area (Å²) in [5, 5.41) is 25.5. The Morgan fingerprint density at radius 2 is 1.73 bits per heavy atom. The van der Waals surface area contributed by atoms with Gasteiger partial charge in [-0.2, -0.15) is 0 Å². The molecule has 0 radical (unpaired) electrons. The minimum absolute atomic E-state index is 0.0287. The lowest BCUT2D eigenvalue weighted by Gasteiger charge is -2.20. The largest absolute Gasteiger partial charge is 0.480 e. The molecule has 13 nitrogen and oxygen atoms in total. The first-order valence-corrected chi connectivity index (χ1v) is 9.92. The highest BCUT2D eigenvalue weighted by Crippen LogP contribution is 2.19. The molecule has 0 fully saturated rings. The molecule has 10 N–H and O–H groups in total. The first-order valence-electron chi connectivity index (χ1n) is 9.92. The number of rotatable bonds is 12. The second kappa shape index (κ2) is 11.6. The Kier molecular flexibility index (Phi) is 8.89. The zero-order valence-electron chi connectivity index (χ0n) is 17.5. The predicted molar refractivity (Wildman–Crippen MR) is 115 cm³/mol. The van der Waals surface area contributed by atoms with E-state index in [9.17, 15) is 24.0 Å². The van der Waals surface area contributed by atoms with Gasteiger partial charge in [-0.15, -0.1) is 0 Å². The van der Waals surface area contributed by atoms with Crippen LogP contribution in [-0.2, 0) is 30.4 Å². The Morgan fingerprint density at radius 1 is 1.03 bits per heavy atom. The van der Waals surface area contributed by atoms with Gasteiger partial charge in [0.25, 0.3) is 0 Å². The Bertz CT molecular complexity index is 1040. The molecule has 178 valence electrons. The van der Waals surface area contributed by atoms with Gasteiger partial charge in [0.2, 0.25) is 23.6 Å². The van der Waals surface area contributed by atoms with E-state index in [2.05, 4.69) is 15.6 Å². The van der Waals surface area contributed by atoms with Crippen molar-refractivity contribution in [3.63, 3.8) is 0 Å². The Hall–Kier alpha value is -3.97. The molecule has 1 aromatic carbocycles. The highest BCUT2D eigenvalue weighted by Gasteiger charge is 2.27. The number of aliphatic hydroxyl groups is 1. The van der Waals surface area contributed by atoms with Crippen molar-refractivity contribution in [2.24, 2.45) is 11.5 Å². The molecule has 0 saturated carbocycles. The topological polar surface area (TPSA) is 230 Å². The second-order valence-corrected chi connectivity index (χ2v) is 7.26. The summed E-state index contributed by atoms with van der Waals surface area (Å²) in [5.74, 6) is -4.61. The number of hydrogen-bond donors (Lipinski definition) is 8. The number of nitrogens with two attached hydrogens (primary N) is 2. The van der Waals surface area contributed by atoms with Gasteiger partial charge in [-0.25, -0.2) is 4.79 Å². The molecule has 1 aromatic heterocycles. The van der Waals surface area contributed by atoms with Crippen LogP contribution in [-0.4, -0.2) is 76.1 Å². The van der Waals surface area contributed by atoms with Crippen LogP contribution >= 0.6 is 0 Å². The van der Waals surface area contributed by atoms with E-state index < -0.39 is 67.3 Å². The first-order chi connectivity index (χ1) is 15.6. The van der Waals surface area contributed by atoms with E-state index >= 15 is 0 Å². The van der Waals surface area contributed by atoms with E-state index in [1.807, 2.05) is 23.5 Å². The van der Waals surface area contributed by atoms with E-state index in [4.69, 9.17) is 21.7 Å². The van der Waals surface area contributed by atoms with Gasteiger partial charge in [0.05, 0.1) is 25.6 Å². The van der Waals surface area contributed by atoms with Crippen molar-refractivity contribution in [3.05, 3.63) is 36.0 Å². The number of para-hydroxylation sites is 1. The van der Waals surface area contributed by atoms with E-state index in [0.29, 0.717) is 5.56 Å². The SMILES string of the molecule is NC(=O)CC(N)C(=O)NC(Cc1c[nH]c2ccccc12)C(=O)NCC(=O)NC(CO)C(=O)O. The molecule has 0 aliphatic rings. The van der Waals surface area contributed by atoms with Crippen molar-refractivity contribution in [2.75, 3.05) is 13.2 Å². The molecule has 0 spiro atoms. The molecule has 0 bridgehead atoms. The highest BCUT2D eigenvalue weighted by atomic mass is 16.4. The smallest absolute Gasteiger partial charge is 0.328 e. The molecular formula is C20H26N6O7. The van der Waals surface area contributed by atoms with Crippen molar-refractivity contribution in [3.8, 4) is 0 Å². The number of amides is 4. The van der Waals surface area contributed by atoms with E-state index in [1.165, 1.54) is 0 Å². The third-order valence-electron chi connectivity index (χ3n) is 4.73. The number of hydrogen-bond acceptors (Lipinski definition) is 7. The van der Waals surface area contributed by atoms with Crippen LogP contribution in [0.25, 0.3) is 10.9 Å². The maximum atomic E-state index is 12.8. The Labute approximate surface area is 187 Å². The minimum atomic E-state index is -1.53. The fourth-order valence-electron chi connectivity index (χ4n) is 3.04. The van der Waals surface area contributed by atoms with E-state index in [-0.39, 0.29) is 6.42 Å². The third kappa shape index (κ3) is 7.29. The summed E-state index contributed by atoms with van der Waals surface area (Å²) in [6, 6.07) is 3.32. The van der Waals surface area contributed by atoms with Crippen molar-refractivity contribution >= 4 is 40.5 Å². The summed E-state index contributed by atoms with van der Waals surface area (Å²) in [6.07, 6.45) is 1.28. The summed E-state index contributed by atoms with van der Waals surface area (Å²) < 4.78 is 0. The molecule has 4 amide bonds. The summed E-state index contributed by atoms with van der Waals surface area (Å²) in [4.78, 5) is 62.1. The molecule has 3 unspecified atom stereocenters. The number of carboxylic acids is 1. The molecule has 1 heterocycles. The quantitative estimate of drug-likeness (QED) is 0.162. The van der Waals surface area contributed by atoms with E-state index in [0.717, 1.165) is 10.9 Å². The standard InChI is InChI=1S/C20H26N6O7/c21-12(6-16(22)28)18(30)26-14(5-10-7-23-13-4-2-1-3-11(10)13)19(31)24-8-17(29)25-15(9-27)20(32)33/h1-4,7,12,14-15,23,27H,5-6,8-9,21H2,(H2,22,28)(H,24,31)(H,25,29)(H,26,30)(H,32,33). The molecule has 0 aliphatic heterocycles. The number of nitrogens with one attached hydrogen (secondary N) is 4. The van der Waals surface area contributed by atoms with Crippen LogP contribution in [0, 0.1) is 0 Å². The number of aliphatic carboxylic acids is 1. The Balaban J connectivity index is 2.12. The lowest BCUT2D eigenvalue weighted by Crippen LogP contribution is -2.54. The number of H-pyrrole nitrogens is 1. The van der Waals surface area contributed by atoms with Crippen molar-refractivity contribution in [1.82, 2.24) is 20.9 Å². The maximum Gasteiger partial charge on any atom is 0.328 e.